The second kappa shape index (κ2) is 16.5. The molecule has 4 amide bonds. The van der Waals surface area contributed by atoms with Crippen LogP contribution in [-0.4, -0.2) is 71.2 Å². The highest BCUT2D eigenvalue weighted by Crippen LogP contribution is 2.08. The van der Waals surface area contributed by atoms with E-state index in [2.05, 4.69) is 28.6 Å². The van der Waals surface area contributed by atoms with Crippen LogP contribution in [0.25, 0.3) is 0 Å². The number of nitrogens with two attached hydrogens (primary N) is 3. The predicted molar refractivity (Wildman–Crippen MR) is 137 cm³/mol. The average Bonchev–Trinajstić information content (AvgIpc) is 2.85. The van der Waals surface area contributed by atoms with E-state index in [1.54, 1.807) is 30.3 Å². The van der Waals surface area contributed by atoms with Gasteiger partial charge in [0.05, 0.1) is 6.04 Å². The van der Waals surface area contributed by atoms with Crippen LogP contribution >= 0.6 is 12.6 Å². The molecule has 1 aromatic carbocycles. The van der Waals surface area contributed by atoms with E-state index in [9.17, 15) is 29.1 Å². The van der Waals surface area contributed by atoms with Gasteiger partial charge in [-0.15, -0.1) is 0 Å². The molecular formula is C23H36N6O6S. The van der Waals surface area contributed by atoms with Crippen LogP contribution in [0.15, 0.2) is 30.3 Å². The Morgan fingerprint density at radius 2 is 1.44 bits per heavy atom. The number of carboxylic acid groups (broad SMARTS) is 1. The topological polar surface area (TPSA) is 220 Å². The van der Waals surface area contributed by atoms with Gasteiger partial charge >= 0.3 is 5.97 Å². The van der Waals surface area contributed by atoms with E-state index in [0.29, 0.717) is 24.9 Å². The van der Waals surface area contributed by atoms with Gasteiger partial charge in [0.15, 0.2) is 0 Å². The summed E-state index contributed by atoms with van der Waals surface area (Å²) in [6.45, 7) is 0.391. The maximum atomic E-state index is 13.1. The van der Waals surface area contributed by atoms with Crippen molar-refractivity contribution in [3.8, 4) is 0 Å². The minimum atomic E-state index is -1.21. The molecule has 10 N–H and O–H groups in total. The number of carbonyl (C=O) groups excluding carboxylic acids is 4. The third-order valence-corrected chi connectivity index (χ3v) is 5.72. The molecule has 0 radical (unpaired) electrons. The van der Waals surface area contributed by atoms with E-state index in [1.165, 1.54) is 0 Å². The monoisotopic (exact) mass is 524 g/mol. The molecule has 0 heterocycles. The normalized spacial score (nSPS) is 14.1. The summed E-state index contributed by atoms with van der Waals surface area (Å²) in [7, 11) is 0. The Labute approximate surface area is 215 Å². The van der Waals surface area contributed by atoms with Crippen molar-refractivity contribution in [2.75, 3.05) is 12.3 Å². The Morgan fingerprint density at radius 1 is 0.861 bits per heavy atom. The largest absolute Gasteiger partial charge is 0.480 e. The molecule has 0 saturated heterocycles. The van der Waals surface area contributed by atoms with E-state index < -0.39 is 53.8 Å². The summed E-state index contributed by atoms with van der Waals surface area (Å²) >= 11 is 3.96. The lowest BCUT2D eigenvalue weighted by Gasteiger charge is -2.25. The third kappa shape index (κ3) is 11.5. The van der Waals surface area contributed by atoms with Crippen molar-refractivity contribution in [2.45, 2.75) is 62.7 Å². The van der Waals surface area contributed by atoms with Crippen LogP contribution in [-0.2, 0) is 30.4 Å². The van der Waals surface area contributed by atoms with Crippen LogP contribution in [0.1, 0.15) is 37.7 Å². The molecule has 0 saturated carbocycles. The zero-order valence-corrected chi connectivity index (χ0v) is 20.9. The van der Waals surface area contributed by atoms with E-state index in [4.69, 9.17) is 17.2 Å². The number of nitrogens with one attached hydrogen (secondary N) is 3. The van der Waals surface area contributed by atoms with Gasteiger partial charge in [0.1, 0.15) is 18.1 Å². The molecule has 0 aliphatic carbocycles. The minimum Gasteiger partial charge on any atom is -0.480 e. The molecule has 200 valence electrons. The first-order valence-corrected chi connectivity index (χ1v) is 12.2. The van der Waals surface area contributed by atoms with Crippen LogP contribution in [0.4, 0.5) is 0 Å². The molecule has 4 unspecified atom stereocenters. The van der Waals surface area contributed by atoms with Crippen LogP contribution in [0, 0.1) is 0 Å². The maximum Gasteiger partial charge on any atom is 0.326 e. The highest BCUT2D eigenvalue weighted by molar-refractivity contribution is 7.80. The predicted octanol–water partition coefficient (Wildman–Crippen LogP) is -1.58. The Bertz CT molecular complexity index is 887. The first-order chi connectivity index (χ1) is 17.1. The lowest BCUT2D eigenvalue weighted by atomic mass is 10.0. The highest BCUT2D eigenvalue weighted by Gasteiger charge is 2.30. The first-order valence-electron chi connectivity index (χ1n) is 11.6. The van der Waals surface area contributed by atoms with Gasteiger partial charge in [0.2, 0.25) is 23.6 Å². The number of unbranched alkanes of at least 4 members (excludes halogenated alkanes) is 1. The number of aliphatic carboxylic acids is 1. The lowest BCUT2D eigenvalue weighted by Crippen LogP contribution is -2.57. The van der Waals surface area contributed by atoms with Crippen LogP contribution in [0.5, 0.6) is 0 Å². The molecule has 0 aliphatic rings. The van der Waals surface area contributed by atoms with E-state index >= 15 is 0 Å². The summed E-state index contributed by atoms with van der Waals surface area (Å²) in [4.78, 5) is 61.4. The number of hydrogen-bond acceptors (Lipinski definition) is 8. The standard InChI is InChI=1S/C23H36N6O6S/c24-11-5-4-8-17(23(34)35)28-22(33)18(12-14-6-2-1-3-7-14)29-21(32)16(9-10-19(26)30)27-20(31)15(25)13-36/h1-3,6-7,15-18,36H,4-5,8-13,24-25H2,(H2,26,30)(H,27,31)(H,28,33)(H,29,32)(H,34,35). The number of benzene rings is 1. The number of rotatable bonds is 17. The van der Waals surface area contributed by atoms with Crippen molar-refractivity contribution >= 4 is 42.2 Å². The van der Waals surface area contributed by atoms with Gasteiger partial charge in [-0.2, -0.15) is 12.6 Å². The summed E-state index contributed by atoms with van der Waals surface area (Å²) in [5, 5.41) is 17.0. The molecule has 0 aliphatic heterocycles. The fourth-order valence-corrected chi connectivity index (χ4v) is 3.44. The fraction of sp³-hybridized carbons (Fsp3) is 0.522. The molecule has 1 aromatic rings. The average molecular weight is 525 g/mol. The van der Waals surface area contributed by atoms with E-state index in [-0.39, 0.29) is 31.4 Å². The van der Waals surface area contributed by atoms with Crippen molar-refractivity contribution in [3.63, 3.8) is 0 Å². The Morgan fingerprint density at radius 3 is 2.00 bits per heavy atom. The molecule has 13 heteroatoms. The Balaban J connectivity index is 3.10. The van der Waals surface area contributed by atoms with Crippen LogP contribution < -0.4 is 33.2 Å². The number of primary amides is 1. The van der Waals surface area contributed by atoms with Crippen LogP contribution in [0.3, 0.4) is 0 Å². The van der Waals surface area contributed by atoms with Crippen molar-refractivity contribution in [1.82, 2.24) is 16.0 Å². The molecule has 0 bridgehead atoms. The highest BCUT2D eigenvalue weighted by atomic mass is 32.1. The van der Waals surface area contributed by atoms with Crippen LogP contribution in [0.2, 0.25) is 0 Å². The van der Waals surface area contributed by atoms with Gasteiger partial charge in [0, 0.05) is 18.6 Å². The Hall–Kier alpha value is -3.16. The van der Waals surface area contributed by atoms with Crippen molar-refractivity contribution in [2.24, 2.45) is 17.2 Å². The Kier molecular flexibility index (Phi) is 14.1. The zero-order chi connectivity index (χ0) is 27.1. The number of amides is 4. The van der Waals surface area contributed by atoms with Gasteiger partial charge in [0.25, 0.3) is 0 Å². The molecule has 36 heavy (non-hydrogen) atoms. The molecule has 0 spiro atoms. The lowest BCUT2D eigenvalue weighted by molar-refractivity contribution is -0.142. The summed E-state index contributed by atoms with van der Waals surface area (Å²) in [6.07, 6.45) is 0.994. The quantitative estimate of drug-likeness (QED) is 0.0875. The smallest absolute Gasteiger partial charge is 0.326 e. The number of thiol groups is 1. The maximum absolute atomic E-state index is 13.1. The number of hydrogen-bond donors (Lipinski definition) is 8. The summed E-state index contributed by atoms with van der Waals surface area (Å²) in [5.74, 6) is -3.99. The number of carboxylic acids is 1. The SMILES string of the molecule is NCCCCC(NC(=O)C(Cc1ccccc1)NC(=O)C(CCC(N)=O)NC(=O)C(N)CS)C(=O)O. The number of carbonyl (C=O) groups is 5. The molecule has 0 fully saturated rings. The van der Waals surface area contributed by atoms with Crippen molar-refractivity contribution in [1.29, 1.82) is 0 Å². The van der Waals surface area contributed by atoms with E-state index in [1.807, 2.05) is 0 Å². The minimum absolute atomic E-state index is 0.0236. The molecule has 1 rings (SSSR count). The van der Waals surface area contributed by atoms with Gasteiger partial charge in [-0.3, -0.25) is 19.2 Å². The zero-order valence-electron chi connectivity index (χ0n) is 20.0. The van der Waals surface area contributed by atoms with Gasteiger partial charge in [-0.1, -0.05) is 30.3 Å². The van der Waals surface area contributed by atoms with E-state index in [0.717, 1.165) is 0 Å². The fourth-order valence-electron chi connectivity index (χ4n) is 3.27. The van der Waals surface area contributed by atoms with Gasteiger partial charge in [-0.05, 0) is 37.8 Å². The second-order valence-corrected chi connectivity index (χ2v) is 8.66. The molecular weight excluding hydrogens is 488 g/mol. The van der Waals surface area contributed by atoms with Crippen molar-refractivity contribution in [3.05, 3.63) is 35.9 Å². The molecule has 4 atom stereocenters. The van der Waals surface area contributed by atoms with Crippen molar-refractivity contribution < 1.29 is 29.1 Å². The summed E-state index contributed by atoms with van der Waals surface area (Å²) < 4.78 is 0. The second-order valence-electron chi connectivity index (χ2n) is 8.29. The van der Waals surface area contributed by atoms with Gasteiger partial charge in [-0.25, -0.2) is 4.79 Å². The summed E-state index contributed by atoms with van der Waals surface area (Å²) in [5.41, 5.74) is 17.0. The first kappa shape index (κ1) is 30.9. The summed E-state index contributed by atoms with van der Waals surface area (Å²) in [6, 6.07) is 4.27. The molecule has 12 nitrogen and oxygen atoms in total. The molecule has 0 aromatic heterocycles. The third-order valence-electron chi connectivity index (χ3n) is 5.32. The van der Waals surface area contributed by atoms with Gasteiger partial charge < -0.3 is 38.3 Å².